The van der Waals surface area contributed by atoms with E-state index >= 15 is 0 Å². The average molecular weight is 420 g/mol. The minimum Gasteiger partial charge on any atom is -0.505 e. The number of aromatic amines is 1. The molecule has 6 heteroatoms. The monoisotopic (exact) mass is 420 g/mol. The van der Waals surface area contributed by atoms with E-state index in [4.69, 9.17) is 0 Å². The van der Waals surface area contributed by atoms with E-state index in [1.807, 2.05) is 84.9 Å². The van der Waals surface area contributed by atoms with Gasteiger partial charge in [-0.3, -0.25) is 9.89 Å². The van der Waals surface area contributed by atoms with E-state index in [0.717, 1.165) is 11.1 Å². The van der Waals surface area contributed by atoms with Gasteiger partial charge in [0.25, 0.3) is 5.91 Å². The number of rotatable bonds is 5. The lowest BCUT2D eigenvalue weighted by Crippen LogP contribution is -2.30. The van der Waals surface area contributed by atoms with E-state index in [0.29, 0.717) is 22.3 Å². The first-order valence-corrected chi connectivity index (χ1v) is 10.2. The number of carbonyl (C=O) groups excluding carboxylic acids is 1. The van der Waals surface area contributed by atoms with Gasteiger partial charge in [-0.2, -0.15) is 5.10 Å². The number of para-hydroxylation sites is 1. The molecule has 0 aliphatic heterocycles. The maximum absolute atomic E-state index is 13.6. The average Bonchev–Trinajstić information content (AvgIpc) is 3.38. The zero-order chi connectivity index (χ0) is 21.9. The smallest absolute Gasteiger partial charge is 0.256 e. The van der Waals surface area contributed by atoms with Crippen molar-refractivity contribution in [2.24, 2.45) is 0 Å². The van der Waals surface area contributed by atoms with E-state index in [1.165, 1.54) is 0 Å². The van der Waals surface area contributed by atoms with Gasteiger partial charge in [0.05, 0.1) is 22.8 Å². The summed E-state index contributed by atoms with van der Waals surface area (Å²) >= 11 is 0. The Morgan fingerprint density at radius 1 is 0.875 bits per heavy atom. The van der Waals surface area contributed by atoms with Gasteiger partial charge in [-0.15, -0.1) is 0 Å². The van der Waals surface area contributed by atoms with Crippen LogP contribution in [0.3, 0.4) is 0 Å². The number of pyridine rings is 1. The van der Waals surface area contributed by atoms with Gasteiger partial charge in [0.2, 0.25) is 0 Å². The van der Waals surface area contributed by atoms with Crippen LogP contribution in [0, 0.1) is 0 Å². The van der Waals surface area contributed by atoms with Crippen LogP contribution in [0.25, 0.3) is 22.2 Å². The summed E-state index contributed by atoms with van der Waals surface area (Å²) in [6.45, 7) is 0. The zero-order valence-electron chi connectivity index (χ0n) is 17.1. The maximum Gasteiger partial charge on any atom is 0.256 e. The molecule has 1 amide bonds. The predicted molar refractivity (Wildman–Crippen MR) is 123 cm³/mol. The third-order valence-corrected chi connectivity index (χ3v) is 5.37. The Hall–Kier alpha value is -4.45. The summed E-state index contributed by atoms with van der Waals surface area (Å²) in [7, 11) is 0. The second-order valence-electron chi connectivity index (χ2n) is 7.38. The Morgan fingerprint density at radius 3 is 2.28 bits per heavy atom. The van der Waals surface area contributed by atoms with Crippen molar-refractivity contribution in [1.82, 2.24) is 20.5 Å². The van der Waals surface area contributed by atoms with Crippen molar-refractivity contribution >= 4 is 16.8 Å². The molecule has 5 rings (SSSR count). The summed E-state index contributed by atoms with van der Waals surface area (Å²) in [4.78, 5) is 18.2. The van der Waals surface area contributed by atoms with Gasteiger partial charge in [0.1, 0.15) is 5.69 Å². The molecule has 0 spiro atoms. The molecular formula is C26H20N4O2. The van der Waals surface area contributed by atoms with Gasteiger partial charge in [0, 0.05) is 17.1 Å². The number of fused-ring (bicyclic) bond motifs is 1. The third-order valence-electron chi connectivity index (χ3n) is 5.37. The van der Waals surface area contributed by atoms with Gasteiger partial charge in [0.15, 0.2) is 5.75 Å². The van der Waals surface area contributed by atoms with E-state index in [9.17, 15) is 9.90 Å². The summed E-state index contributed by atoms with van der Waals surface area (Å²) in [6, 6.07) is 27.6. The Kier molecular flexibility index (Phi) is 5.09. The normalized spacial score (nSPS) is 11.9. The van der Waals surface area contributed by atoms with Crippen LogP contribution in [0.15, 0.2) is 97.2 Å². The van der Waals surface area contributed by atoms with Gasteiger partial charge in [-0.25, -0.2) is 4.98 Å². The van der Waals surface area contributed by atoms with Gasteiger partial charge < -0.3 is 10.4 Å². The molecule has 2 aromatic heterocycles. The van der Waals surface area contributed by atoms with Crippen molar-refractivity contribution in [2.45, 2.75) is 6.04 Å². The molecule has 0 aliphatic rings. The van der Waals surface area contributed by atoms with Crippen LogP contribution in [-0.2, 0) is 0 Å². The van der Waals surface area contributed by atoms with Crippen LogP contribution in [0.5, 0.6) is 5.75 Å². The summed E-state index contributed by atoms with van der Waals surface area (Å²) < 4.78 is 0. The molecule has 0 aliphatic carbocycles. The fourth-order valence-electron chi connectivity index (χ4n) is 3.84. The second-order valence-corrected chi connectivity index (χ2v) is 7.38. The minimum atomic E-state index is -0.485. The predicted octanol–water partition coefficient (Wildman–Crippen LogP) is 4.85. The lowest BCUT2D eigenvalue weighted by molar-refractivity contribution is 0.0941. The first-order chi connectivity index (χ1) is 15.7. The van der Waals surface area contributed by atoms with Crippen LogP contribution < -0.4 is 5.32 Å². The van der Waals surface area contributed by atoms with Crippen molar-refractivity contribution in [2.75, 3.05) is 0 Å². The molecule has 0 fully saturated rings. The highest BCUT2D eigenvalue weighted by molar-refractivity contribution is 6.10. The van der Waals surface area contributed by atoms with Crippen molar-refractivity contribution in [3.8, 4) is 17.0 Å². The number of hydrogen-bond donors (Lipinski definition) is 3. The number of aromatic hydroxyl groups is 1. The van der Waals surface area contributed by atoms with Crippen LogP contribution in [-0.4, -0.2) is 26.2 Å². The third kappa shape index (κ3) is 3.58. The zero-order valence-corrected chi connectivity index (χ0v) is 17.1. The molecular weight excluding hydrogens is 400 g/mol. The fourth-order valence-corrected chi connectivity index (χ4v) is 3.84. The first kappa shape index (κ1) is 19.5. The van der Waals surface area contributed by atoms with Crippen LogP contribution in [0.4, 0.5) is 0 Å². The molecule has 1 atom stereocenters. The number of nitrogens with one attached hydrogen (secondary N) is 2. The number of carbonyl (C=O) groups is 1. The number of nitrogens with zero attached hydrogens (tertiary/aromatic N) is 2. The molecule has 0 radical (unpaired) electrons. The molecule has 0 saturated carbocycles. The second kappa shape index (κ2) is 8.35. The molecule has 0 bridgehead atoms. The molecule has 3 aromatic carbocycles. The van der Waals surface area contributed by atoms with Crippen LogP contribution in [0.2, 0.25) is 0 Å². The van der Waals surface area contributed by atoms with E-state index < -0.39 is 11.9 Å². The fraction of sp³-hybridized carbons (Fsp3) is 0.0385. The molecule has 156 valence electrons. The van der Waals surface area contributed by atoms with Crippen molar-refractivity contribution < 1.29 is 9.90 Å². The number of aromatic nitrogens is 3. The van der Waals surface area contributed by atoms with E-state index in [1.54, 1.807) is 12.3 Å². The Morgan fingerprint density at radius 2 is 1.56 bits per heavy atom. The lowest BCUT2D eigenvalue weighted by Gasteiger charge is -2.19. The standard InChI is InChI=1S/C26H20N4O2/c31-25-22(19-13-7-8-14-20(19)28-24(25)18-11-5-2-6-12-18)26(32)29-23(21-15-16-27-30-21)17-9-3-1-4-10-17/h1-16,23,31H,(H,27,30)(H,29,32). The minimum absolute atomic E-state index is 0.152. The van der Waals surface area contributed by atoms with Crippen LogP contribution in [0.1, 0.15) is 27.7 Å². The molecule has 3 N–H and O–H groups in total. The maximum atomic E-state index is 13.6. The van der Waals surface area contributed by atoms with E-state index in [-0.39, 0.29) is 11.3 Å². The Bertz CT molecular complexity index is 1370. The number of amides is 1. The number of H-pyrrole nitrogens is 1. The highest BCUT2D eigenvalue weighted by Crippen LogP contribution is 2.35. The molecule has 2 heterocycles. The molecule has 5 aromatic rings. The molecule has 6 nitrogen and oxygen atoms in total. The van der Waals surface area contributed by atoms with Gasteiger partial charge >= 0.3 is 0 Å². The Labute approximate surface area is 184 Å². The highest BCUT2D eigenvalue weighted by atomic mass is 16.3. The van der Waals surface area contributed by atoms with E-state index in [2.05, 4.69) is 20.5 Å². The number of benzene rings is 3. The van der Waals surface area contributed by atoms with Gasteiger partial charge in [-0.1, -0.05) is 78.9 Å². The van der Waals surface area contributed by atoms with Crippen molar-refractivity contribution in [3.63, 3.8) is 0 Å². The summed E-state index contributed by atoms with van der Waals surface area (Å²) in [6.07, 6.45) is 1.71. The summed E-state index contributed by atoms with van der Waals surface area (Å²) in [5.74, 6) is -0.559. The van der Waals surface area contributed by atoms with Crippen LogP contribution >= 0.6 is 0 Å². The summed E-state index contributed by atoms with van der Waals surface area (Å²) in [5.41, 5.74) is 3.47. The topological polar surface area (TPSA) is 90.9 Å². The molecule has 32 heavy (non-hydrogen) atoms. The Balaban J connectivity index is 1.63. The SMILES string of the molecule is O=C(NC(c1ccccc1)c1cc[nH]n1)c1c(O)c(-c2ccccc2)nc2ccccc12. The lowest BCUT2D eigenvalue weighted by atomic mass is 10.00. The molecule has 1 unspecified atom stereocenters. The quantitative estimate of drug-likeness (QED) is 0.379. The summed E-state index contributed by atoms with van der Waals surface area (Å²) in [5, 5.41) is 21.9. The van der Waals surface area contributed by atoms with Crippen molar-refractivity contribution in [1.29, 1.82) is 0 Å². The highest BCUT2D eigenvalue weighted by Gasteiger charge is 2.25. The number of hydrogen-bond acceptors (Lipinski definition) is 4. The largest absolute Gasteiger partial charge is 0.505 e. The molecule has 0 saturated heterocycles. The van der Waals surface area contributed by atoms with Crippen molar-refractivity contribution in [3.05, 3.63) is 114 Å². The van der Waals surface area contributed by atoms with Gasteiger partial charge in [-0.05, 0) is 17.7 Å². The first-order valence-electron chi connectivity index (χ1n) is 10.2.